The van der Waals surface area contributed by atoms with Gasteiger partial charge in [-0.1, -0.05) is 33.2 Å². The first-order valence-electron chi connectivity index (χ1n) is 7.75. The van der Waals surface area contributed by atoms with Gasteiger partial charge in [0.25, 0.3) is 0 Å². The van der Waals surface area contributed by atoms with E-state index in [1.807, 2.05) is 24.3 Å². The molecule has 0 aliphatic heterocycles. The monoisotopic (exact) mass is 414 g/mol. The van der Waals surface area contributed by atoms with Crippen LogP contribution in [0.25, 0.3) is 11.4 Å². The summed E-state index contributed by atoms with van der Waals surface area (Å²) in [5, 5.41) is 16.1. The molecular weight excluding hydrogens is 403 g/mol. The molecule has 0 N–H and O–H groups in total. The zero-order valence-electron chi connectivity index (χ0n) is 13.4. The first-order chi connectivity index (χ1) is 12.7. The van der Waals surface area contributed by atoms with Crippen molar-refractivity contribution in [2.45, 2.75) is 13.0 Å². The van der Waals surface area contributed by atoms with Crippen molar-refractivity contribution in [1.29, 1.82) is 0 Å². The fourth-order valence-electron chi connectivity index (χ4n) is 2.35. The van der Waals surface area contributed by atoms with E-state index in [9.17, 15) is 4.39 Å². The first kappa shape index (κ1) is 16.5. The molecule has 9 heteroatoms. The molecule has 4 aromatic rings. The van der Waals surface area contributed by atoms with Gasteiger partial charge in [0, 0.05) is 10.0 Å². The van der Waals surface area contributed by atoms with Gasteiger partial charge in [0.1, 0.15) is 12.4 Å². The third-order valence-corrected chi connectivity index (χ3v) is 4.15. The van der Waals surface area contributed by atoms with Crippen molar-refractivity contribution in [3.05, 3.63) is 76.1 Å². The maximum atomic E-state index is 13.0. The molecule has 7 nitrogen and oxygen atoms in total. The molecule has 0 amide bonds. The van der Waals surface area contributed by atoms with Crippen molar-refractivity contribution in [1.82, 2.24) is 30.3 Å². The van der Waals surface area contributed by atoms with Gasteiger partial charge < -0.3 is 4.52 Å². The highest BCUT2D eigenvalue weighted by atomic mass is 79.9. The molecule has 2 heterocycles. The second-order valence-corrected chi connectivity index (χ2v) is 6.47. The fraction of sp³-hybridized carbons (Fsp3) is 0.118. The number of tetrazole rings is 1. The van der Waals surface area contributed by atoms with E-state index in [0.717, 1.165) is 10.0 Å². The summed E-state index contributed by atoms with van der Waals surface area (Å²) >= 11 is 3.40. The Bertz CT molecular complexity index is 1010. The molecule has 0 unspecified atom stereocenters. The van der Waals surface area contributed by atoms with Crippen LogP contribution in [-0.2, 0) is 13.0 Å². The largest absolute Gasteiger partial charge is 0.339 e. The minimum atomic E-state index is -0.314. The lowest BCUT2D eigenvalue weighted by Crippen LogP contribution is -2.05. The average Bonchev–Trinajstić information content (AvgIpc) is 3.28. The molecular formula is C17H12BrFN6O. The van der Waals surface area contributed by atoms with Crippen LogP contribution in [0.2, 0.25) is 0 Å². The van der Waals surface area contributed by atoms with Gasteiger partial charge in [-0.15, -0.1) is 10.2 Å². The van der Waals surface area contributed by atoms with E-state index in [4.69, 9.17) is 4.52 Å². The van der Waals surface area contributed by atoms with Gasteiger partial charge in [-0.25, -0.2) is 4.39 Å². The zero-order valence-corrected chi connectivity index (χ0v) is 15.0. The Balaban J connectivity index is 1.44. The molecule has 0 aliphatic carbocycles. The molecule has 0 fully saturated rings. The zero-order chi connectivity index (χ0) is 17.9. The summed E-state index contributed by atoms with van der Waals surface area (Å²) in [6, 6.07) is 13.8. The highest BCUT2D eigenvalue weighted by molar-refractivity contribution is 9.10. The number of hydrogen-bond acceptors (Lipinski definition) is 6. The average molecular weight is 415 g/mol. The van der Waals surface area contributed by atoms with Crippen LogP contribution in [0.3, 0.4) is 0 Å². The van der Waals surface area contributed by atoms with Crippen LogP contribution in [0, 0.1) is 5.82 Å². The summed E-state index contributed by atoms with van der Waals surface area (Å²) in [6.45, 7) is 0.234. The number of aromatic nitrogens is 6. The van der Waals surface area contributed by atoms with Gasteiger partial charge in [-0.3, -0.25) is 0 Å². The topological polar surface area (TPSA) is 82.5 Å². The number of halogens is 2. The Morgan fingerprint density at radius 3 is 2.58 bits per heavy atom. The van der Waals surface area contributed by atoms with Gasteiger partial charge in [-0.05, 0) is 47.2 Å². The minimum absolute atomic E-state index is 0.234. The van der Waals surface area contributed by atoms with Crippen molar-refractivity contribution >= 4 is 15.9 Å². The maximum Gasteiger partial charge on any atom is 0.231 e. The summed E-state index contributed by atoms with van der Waals surface area (Å²) in [5.74, 6) is 1.07. The van der Waals surface area contributed by atoms with Crippen molar-refractivity contribution in [2.75, 3.05) is 0 Å². The normalized spacial score (nSPS) is 11.0. The summed E-state index contributed by atoms with van der Waals surface area (Å²) < 4.78 is 19.3. The van der Waals surface area contributed by atoms with E-state index >= 15 is 0 Å². The molecule has 4 rings (SSSR count). The standard InChI is InChI=1S/C17H12BrFN6O/c18-13-5-1-11(2-6-13)9-16-20-15(23-26-16)10-25-22-17(21-24-25)12-3-7-14(19)8-4-12/h1-8H,9-10H2. The molecule has 0 aliphatic rings. The quantitative estimate of drug-likeness (QED) is 0.498. The van der Waals surface area contributed by atoms with Crippen LogP contribution in [0.4, 0.5) is 4.39 Å². The lowest BCUT2D eigenvalue weighted by Gasteiger charge is -1.96. The molecule has 0 radical (unpaired) electrons. The van der Waals surface area contributed by atoms with Crippen LogP contribution >= 0.6 is 15.9 Å². The van der Waals surface area contributed by atoms with Gasteiger partial charge in [0.2, 0.25) is 11.7 Å². The second-order valence-electron chi connectivity index (χ2n) is 5.56. The van der Waals surface area contributed by atoms with Crippen LogP contribution in [0.5, 0.6) is 0 Å². The SMILES string of the molecule is Fc1ccc(-c2nnn(Cc3noc(Cc4ccc(Br)cc4)n3)n2)cc1. The first-order valence-corrected chi connectivity index (χ1v) is 8.55. The number of rotatable bonds is 5. The number of benzene rings is 2. The predicted molar refractivity (Wildman–Crippen MR) is 93.6 cm³/mol. The lowest BCUT2D eigenvalue weighted by molar-refractivity contribution is 0.375. The van der Waals surface area contributed by atoms with Crippen molar-refractivity contribution in [3.8, 4) is 11.4 Å². The van der Waals surface area contributed by atoms with Gasteiger partial charge in [0.15, 0.2) is 5.82 Å². The molecule has 2 aromatic heterocycles. The van der Waals surface area contributed by atoms with Gasteiger partial charge >= 0.3 is 0 Å². The summed E-state index contributed by atoms with van der Waals surface area (Å²) in [4.78, 5) is 5.72. The van der Waals surface area contributed by atoms with Crippen LogP contribution < -0.4 is 0 Å². The molecule has 0 atom stereocenters. The Morgan fingerprint density at radius 2 is 1.81 bits per heavy atom. The molecule has 26 heavy (non-hydrogen) atoms. The predicted octanol–water partition coefficient (Wildman–Crippen LogP) is 3.26. The highest BCUT2D eigenvalue weighted by Crippen LogP contribution is 2.15. The molecule has 130 valence electrons. The van der Waals surface area contributed by atoms with Crippen LogP contribution in [0.1, 0.15) is 17.3 Å². The van der Waals surface area contributed by atoms with Crippen molar-refractivity contribution < 1.29 is 8.91 Å². The Hall–Kier alpha value is -2.94. The van der Waals surface area contributed by atoms with E-state index in [1.165, 1.54) is 16.9 Å². The van der Waals surface area contributed by atoms with E-state index in [-0.39, 0.29) is 12.4 Å². The van der Waals surface area contributed by atoms with E-state index in [2.05, 4.69) is 41.5 Å². The van der Waals surface area contributed by atoms with E-state index in [1.54, 1.807) is 12.1 Å². The third kappa shape index (κ3) is 3.83. The van der Waals surface area contributed by atoms with Crippen molar-refractivity contribution in [3.63, 3.8) is 0 Å². The third-order valence-electron chi connectivity index (χ3n) is 3.62. The Kier molecular flexibility index (Phi) is 4.53. The van der Waals surface area contributed by atoms with Crippen LogP contribution in [-0.4, -0.2) is 30.3 Å². The van der Waals surface area contributed by atoms with E-state index < -0.39 is 0 Å². The molecule has 0 saturated carbocycles. The number of nitrogens with zero attached hydrogens (tertiary/aromatic N) is 6. The Labute approximate surface area is 156 Å². The molecule has 2 aromatic carbocycles. The summed E-state index contributed by atoms with van der Waals surface area (Å²) in [5.41, 5.74) is 1.75. The number of hydrogen-bond donors (Lipinski definition) is 0. The van der Waals surface area contributed by atoms with E-state index in [0.29, 0.717) is 29.5 Å². The molecule has 0 bridgehead atoms. The molecule has 0 saturated heterocycles. The van der Waals surface area contributed by atoms with Crippen molar-refractivity contribution in [2.24, 2.45) is 0 Å². The second kappa shape index (κ2) is 7.12. The Morgan fingerprint density at radius 1 is 1.04 bits per heavy atom. The molecule has 0 spiro atoms. The maximum absolute atomic E-state index is 13.0. The van der Waals surface area contributed by atoms with Gasteiger partial charge in [-0.2, -0.15) is 9.78 Å². The van der Waals surface area contributed by atoms with Gasteiger partial charge in [0.05, 0.1) is 6.42 Å². The highest BCUT2D eigenvalue weighted by Gasteiger charge is 2.11. The smallest absolute Gasteiger partial charge is 0.231 e. The van der Waals surface area contributed by atoms with Crippen LogP contribution in [0.15, 0.2) is 57.5 Å². The fourth-order valence-corrected chi connectivity index (χ4v) is 2.62. The minimum Gasteiger partial charge on any atom is -0.339 e. The summed E-state index contributed by atoms with van der Waals surface area (Å²) in [7, 11) is 0. The summed E-state index contributed by atoms with van der Waals surface area (Å²) in [6.07, 6.45) is 0.548. The lowest BCUT2D eigenvalue weighted by atomic mass is 10.1.